The molecule has 1 aromatic carbocycles. The second-order valence-electron chi connectivity index (χ2n) is 5.76. The summed E-state index contributed by atoms with van der Waals surface area (Å²) in [6, 6.07) is 8.13. The minimum absolute atomic E-state index is 0.0149. The molecule has 24 heavy (non-hydrogen) atoms. The Balaban J connectivity index is 1.48. The summed E-state index contributed by atoms with van der Waals surface area (Å²) in [4.78, 5) is 20.4. The maximum atomic E-state index is 12.3. The van der Waals surface area contributed by atoms with E-state index in [1.807, 2.05) is 24.3 Å². The molecule has 2 aromatic rings. The fraction of sp³-hybridized carbons (Fsp3) is 0.353. The molecule has 0 bridgehead atoms. The van der Waals surface area contributed by atoms with Gasteiger partial charge in [0, 0.05) is 15.2 Å². The number of aromatic nitrogens is 2. The molecule has 0 atom stereocenters. The van der Waals surface area contributed by atoms with Crippen LogP contribution in [0.15, 0.2) is 36.7 Å². The zero-order valence-corrected chi connectivity index (χ0v) is 15.8. The summed E-state index contributed by atoms with van der Waals surface area (Å²) < 4.78 is 6.83. The number of carbonyl (C=O) groups excluding carboxylic acids is 1. The van der Waals surface area contributed by atoms with Gasteiger partial charge in [0.05, 0.1) is 17.4 Å². The number of nitrogens with one attached hydrogen (secondary N) is 1. The Morgan fingerprint density at radius 1 is 1.21 bits per heavy atom. The monoisotopic (exact) mass is 457 g/mol. The Bertz CT molecular complexity index is 703. The van der Waals surface area contributed by atoms with Crippen LogP contribution in [0.1, 0.15) is 36.0 Å². The number of benzene rings is 1. The first-order valence-corrected chi connectivity index (χ1v) is 9.26. The summed E-state index contributed by atoms with van der Waals surface area (Å²) in [6.07, 6.45) is 6.62. The van der Waals surface area contributed by atoms with Gasteiger partial charge >= 0.3 is 6.01 Å². The molecule has 0 spiro atoms. The Kier molecular flexibility index (Phi) is 5.89. The largest absolute Gasteiger partial charge is 0.460 e. The van der Waals surface area contributed by atoms with Crippen molar-refractivity contribution in [2.24, 2.45) is 0 Å². The number of nitrogens with zero attached hydrogens (tertiary/aromatic N) is 2. The zero-order valence-electron chi connectivity index (χ0n) is 12.9. The van der Waals surface area contributed by atoms with Gasteiger partial charge in [0.25, 0.3) is 5.91 Å². The molecule has 0 unspecified atom stereocenters. The van der Waals surface area contributed by atoms with E-state index >= 15 is 0 Å². The average molecular weight is 458 g/mol. The lowest BCUT2D eigenvalue weighted by Gasteiger charge is -2.28. The van der Waals surface area contributed by atoms with Crippen LogP contribution in [0.4, 0.5) is 0 Å². The van der Waals surface area contributed by atoms with Crippen molar-refractivity contribution in [3.05, 3.63) is 50.8 Å². The fourth-order valence-electron chi connectivity index (χ4n) is 2.73. The minimum atomic E-state index is -0.0149. The van der Waals surface area contributed by atoms with Gasteiger partial charge in [0.15, 0.2) is 0 Å². The van der Waals surface area contributed by atoms with Crippen LogP contribution in [0.5, 0.6) is 6.01 Å². The maximum Gasteiger partial charge on any atom is 0.316 e. The third kappa shape index (κ3) is 4.80. The average Bonchev–Trinajstić information content (AvgIpc) is 2.59. The van der Waals surface area contributed by atoms with E-state index in [2.05, 4.69) is 37.9 Å². The molecule has 0 aliphatic heterocycles. The molecule has 1 aliphatic rings. The van der Waals surface area contributed by atoms with Crippen LogP contribution in [0, 0.1) is 3.57 Å². The number of amides is 1. The summed E-state index contributed by atoms with van der Waals surface area (Å²) >= 11 is 7.97. The molecule has 0 radical (unpaired) electrons. The maximum absolute atomic E-state index is 12.3. The number of ether oxygens (including phenoxy) is 1. The van der Waals surface area contributed by atoms with Crippen molar-refractivity contribution in [2.75, 3.05) is 0 Å². The lowest BCUT2D eigenvalue weighted by atomic mass is 9.92. The first-order chi connectivity index (χ1) is 11.6. The molecule has 3 rings (SSSR count). The van der Waals surface area contributed by atoms with Gasteiger partial charge in [-0.2, -0.15) is 0 Å². The Morgan fingerprint density at radius 2 is 1.92 bits per heavy atom. The molecule has 1 fully saturated rings. The summed E-state index contributed by atoms with van der Waals surface area (Å²) in [5.74, 6) is -0.0149. The normalized spacial score (nSPS) is 20.4. The molecule has 1 saturated carbocycles. The van der Waals surface area contributed by atoms with E-state index in [9.17, 15) is 4.79 Å². The van der Waals surface area contributed by atoms with E-state index in [-0.39, 0.29) is 18.1 Å². The van der Waals surface area contributed by atoms with Crippen molar-refractivity contribution in [2.45, 2.75) is 37.8 Å². The van der Waals surface area contributed by atoms with E-state index in [0.717, 1.165) is 29.3 Å². The SMILES string of the molecule is O=C(NC1CCC(Oc2ncc(Cl)cn2)CC1)c1cccc(I)c1. The Hall–Kier alpha value is -1.41. The minimum Gasteiger partial charge on any atom is -0.460 e. The summed E-state index contributed by atoms with van der Waals surface area (Å²) in [7, 11) is 0. The molecule has 5 nitrogen and oxygen atoms in total. The highest BCUT2D eigenvalue weighted by Gasteiger charge is 2.24. The molecular formula is C17H17ClIN3O2. The topological polar surface area (TPSA) is 64.1 Å². The van der Waals surface area contributed by atoms with Crippen LogP contribution in [0.3, 0.4) is 0 Å². The van der Waals surface area contributed by atoms with Crippen molar-refractivity contribution in [3.63, 3.8) is 0 Å². The third-order valence-corrected chi connectivity index (χ3v) is 4.83. The highest BCUT2D eigenvalue weighted by atomic mass is 127. The van der Waals surface area contributed by atoms with Gasteiger partial charge in [0.1, 0.15) is 6.10 Å². The predicted molar refractivity (Wildman–Crippen MR) is 100 cm³/mol. The second-order valence-corrected chi connectivity index (χ2v) is 7.44. The first-order valence-electron chi connectivity index (χ1n) is 7.81. The van der Waals surface area contributed by atoms with Crippen molar-refractivity contribution >= 4 is 40.1 Å². The molecule has 0 saturated heterocycles. The second kappa shape index (κ2) is 8.11. The van der Waals surface area contributed by atoms with Crippen molar-refractivity contribution in [1.29, 1.82) is 0 Å². The molecule has 1 amide bonds. The Labute approximate surface area is 159 Å². The lowest BCUT2D eigenvalue weighted by molar-refractivity contribution is 0.0885. The van der Waals surface area contributed by atoms with Crippen molar-refractivity contribution in [3.8, 4) is 6.01 Å². The van der Waals surface area contributed by atoms with Crippen LogP contribution in [0.25, 0.3) is 0 Å². The molecule has 1 aromatic heterocycles. The Morgan fingerprint density at radius 3 is 2.58 bits per heavy atom. The van der Waals surface area contributed by atoms with E-state index in [1.54, 1.807) is 0 Å². The van der Waals surface area contributed by atoms with E-state index in [4.69, 9.17) is 16.3 Å². The van der Waals surface area contributed by atoms with Crippen LogP contribution >= 0.6 is 34.2 Å². The number of halogens is 2. The quantitative estimate of drug-likeness (QED) is 0.708. The van der Waals surface area contributed by atoms with Crippen molar-refractivity contribution in [1.82, 2.24) is 15.3 Å². The van der Waals surface area contributed by atoms with Gasteiger partial charge < -0.3 is 10.1 Å². The third-order valence-electron chi connectivity index (χ3n) is 3.96. The van der Waals surface area contributed by atoms with Gasteiger partial charge in [-0.1, -0.05) is 17.7 Å². The predicted octanol–water partition coefficient (Wildman–Crippen LogP) is 3.85. The van der Waals surface area contributed by atoms with Gasteiger partial charge in [-0.15, -0.1) is 0 Å². The zero-order chi connectivity index (χ0) is 16.9. The fourth-order valence-corrected chi connectivity index (χ4v) is 3.37. The summed E-state index contributed by atoms with van der Waals surface area (Å²) in [6.45, 7) is 0. The number of rotatable bonds is 4. The highest BCUT2D eigenvalue weighted by Crippen LogP contribution is 2.23. The number of carbonyl (C=O) groups is 1. The smallest absolute Gasteiger partial charge is 0.316 e. The molecule has 126 valence electrons. The van der Waals surface area contributed by atoms with E-state index in [0.29, 0.717) is 16.6 Å². The van der Waals surface area contributed by atoms with Gasteiger partial charge in [-0.25, -0.2) is 9.97 Å². The van der Waals surface area contributed by atoms with Crippen LogP contribution < -0.4 is 10.1 Å². The van der Waals surface area contributed by atoms with Crippen molar-refractivity contribution < 1.29 is 9.53 Å². The first kappa shape index (κ1) is 17.4. The lowest BCUT2D eigenvalue weighted by Crippen LogP contribution is -2.39. The van der Waals surface area contributed by atoms with Gasteiger partial charge in [-0.3, -0.25) is 4.79 Å². The van der Waals surface area contributed by atoms with Gasteiger partial charge in [-0.05, 0) is 66.5 Å². The highest BCUT2D eigenvalue weighted by molar-refractivity contribution is 14.1. The molecular weight excluding hydrogens is 441 g/mol. The molecule has 7 heteroatoms. The number of hydrogen-bond acceptors (Lipinski definition) is 4. The van der Waals surface area contributed by atoms with E-state index in [1.165, 1.54) is 12.4 Å². The molecule has 1 aliphatic carbocycles. The van der Waals surface area contributed by atoms with Crippen LogP contribution in [-0.4, -0.2) is 28.0 Å². The molecule has 1 heterocycles. The van der Waals surface area contributed by atoms with Crippen LogP contribution in [0.2, 0.25) is 5.02 Å². The van der Waals surface area contributed by atoms with E-state index < -0.39 is 0 Å². The molecule has 1 N–H and O–H groups in total. The summed E-state index contributed by atoms with van der Waals surface area (Å²) in [5, 5.41) is 3.60. The summed E-state index contributed by atoms with van der Waals surface area (Å²) in [5.41, 5.74) is 0.704. The number of hydrogen-bond donors (Lipinski definition) is 1. The van der Waals surface area contributed by atoms with Crippen LogP contribution in [-0.2, 0) is 0 Å². The standard InChI is InChI=1S/C17H17ClIN3O2/c18-12-9-20-17(21-10-12)24-15-6-4-14(5-7-15)22-16(23)11-2-1-3-13(19)8-11/h1-3,8-10,14-15H,4-7H2,(H,22,23). The van der Waals surface area contributed by atoms with Gasteiger partial charge in [0.2, 0.25) is 0 Å².